The van der Waals surface area contributed by atoms with Crippen molar-refractivity contribution in [3.05, 3.63) is 42.2 Å². The van der Waals surface area contributed by atoms with Crippen LogP contribution in [0.2, 0.25) is 0 Å². The lowest BCUT2D eigenvalue weighted by atomic mass is 9.94. The summed E-state index contributed by atoms with van der Waals surface area (Å²) in [6.07, 6.45) is 2.30. The van der Waals surface area contributed by atoms with Crippen LogP contribution in [0.3, 0.4) is 0 Å². The molecule has 0 spiro atoms. The number of anilines is 1. The fourth-order valence-electron chi connectivity index (χ4n) is 3.38. The number of carbonyl (C=O) groups excluding carboxylic acids is 2. The zero-order valence-electron chi connectivity index (χ0n) is 16.2. The molecule has 29 heavy (non-hydrogen) atoms. The first kappa shape index (κ1) is 21.0. The Morgan fingerprint density at radius 2 is 1.83 bits per heavy atom. The highest BCUT2D eigenvalue weighted by Gasteiger charge is 2.31. The molecule has 2 aromatic rings. The quantitative estimate of drug-likeness (QED) is 0.710. The summed E-state index contributed by atoms with van der Waals surface area (Å²) in [6.45, 7) is 4.54. The number of sulfonamides is 1. The van der Waals surface area contributed by atoms with E-state index in [0.29, 0.717) is 24.9 Å². The standard InChI is InChI=1S/C19H23N3O6S/c1-13-9-14(2)11-22(10-13)29(25,26)16-5-3-15(4-6-16)19(24)27-12-18(23)20-17-7-8-28-21-17/h3-8,13-14H,9-12H2,1-2H3,(H,20,21,23). The molecule has 0 aliphatic carbocycles. The van der Waals surface area contributed by atoms with E-state index in [1.165, 1.54) is 40.9 Å². The number of nitrogens with zero attached hydrogens (tertiary/aromatic N) is 2. The Morgan fingerprint density at radius 1 is 1.17 bits per heavy atom. The summed E-state index contributed by atoms with van der Waals surface area (Å²) in [5.41, 5.74) is 0.151. The number of carbonyl (C=O) groups is 2. The zero-order chi connectivity index (χ0) is 21.0. The Labute approximate surface area is 169 Å². The lowest BCUT2D eigenvalue weighted by molar-refractivity contribution is -0.119. The van der Waals surface area contributed by atoms with Gasteiger partial charge in [0.25, 0.3) is 5.91 Å². The molecule has 156 valence electrons. The summed E-state index contributed by atoms with van der Waals surface area (Å²) in [5.74, 6) is -0.497. The second-order valence-electron chi connectivity index (χ2n) is 7.30. The van der Waals surface area contributed by atoms with Crippen LogP contribution < -0.4 is 5.32 Å². The number of esters is 1. The van der Waals surface area contributed by atoms with Crippen molar-refractivity contribution in [1.82, 2.24) is 9.46 Å². The van der Waals surface area contributed by atoms with Crippen LogP contribution >= 0.6 is 0 Å². The van der Waals surface area contributed by atoms with Crippen LogP contribution in [0.1, 0.15) is 30.6 Å². The molecule has 1 aliphatic heterocycles. The lowest BCUT2D eigenvalue weighted by Gasteiger charge is -2.34. The third kappa shape index (κ3) is 5.21. The minimum Gasteiger partial charge on any atom is -0.452 e. The van der Waals surface area contributed by atoms with E-state index in [1.54, 1.807) is 0 Å². The first-order valence-electron chi connectivity index (χ1n) is 9.23. The maximum atomic E-state index is 12.9. The minimum absolute atomic E-state index is 0.124. The van der Waals surface area contributed by atoms with Gasteiger partial charge in [0.15, 0.2) is 12.4 Å². The SMILES string of the molecule is CC1CC(C)CN(S(=O)(=O)c2ccc(C(=O)OCC(=O)Nc3ccon3)cc2)C1. The van der Waals surface area contributed by atoms with Crippen LogP contribution in [-0.2, 0) is 19.6 Å². The first-order valence-corrected chi connectivity index (χ1v) is 10.7. The maximum absolute atomic E-state index is 12.9. The van der Waals surface area contributed by atoms with Crippen LogP contribution in [0.4, 0.5) is 5.82 Å². The average molecular weight is 421 g/mol. The van der Waals surface area contributed by atoms with E-state index in [-0.39, 0.29) is 16.3 Å². The fraction of sp³-hybridized carbons (Fsp3) is 0.421. The Balaban J connectivity index is 1.60. The van der Waals surface area contributed by atoms with E-state index in [9.17, 15) is 18.0 Å². The number of ether oxygens (including phenoxy) is 1. The highest BCUT2D eigenvalue weighted by atomic mass is 32.2. The van der Waals surface area contributed by atoms with E-state index in [4.69, 9.17) is 4.74 Å². The van der Waals surface area contributed by atoms with Gasteiger partial charge < -0.3 is 14.6 Å². The number of piperidine rings is 1. The lowest BCUT2D eigenvalue weighted by Crippen LogP contribution is -2.42. The van der Waals surface area contributed by atoms with E-state index in [2.05, 4.69) is 15.0 Å². The second-order valence-corrected chi connectivity index (χ2v) is 9.24. The van der Waals surface area contributed by atoms with Gasteiger partial charge in [-0.25, -0.2) is 13.2 Å². The number of hydrogen-bond acceptors (Lipinski definition) is 7. The average Bonchev–Trinajstić information content (AvgIpc) is 3.18. The van der Waals surface area contributed by atoms with Gasteiger partial charge in [-0.05, 0) is 42.5 Å². The molecule has 0 bridgehead atoms. The van der Waals surface area contributed by atoms with Crippen molar-refractivity contribution < 1.29 is 27.3 Å². The summed E-state index contributed by atoms with van der Waals surface area (Å²) in [5, 5.41) is 5.91. The van der Waals surface area contributed by atoms with Gasteiger partial charge in [0.05, 0.1) is 10.5 Å². The number of rotatable bonds is 6. The third-order valence-electron chi connectivity index (χ3n) is 4.60. The first-order chi connectivity index (χ1) is 13.8. The van der Waals surface area contributed by atoms with Crippen LogP contribution in [0.15, 0.2) is 46.0 Å². The molecule has 0 radical (unpaired) electrons. The molecule has 3 rings (SSSR count). The topological polar surface area (TPSA) is 119 Å². The fourth-order valence-corrected chi connectivity index (χ4v) is 5.06. The monoisotopic (exact) mass is 421 g/mol. The van der Waals surface area contributed by atoms with Crippen molar-refractivity contribution in [3.63, 3.8) is 0 Å². The largest absolute Gasteiger partial charge is 0.452 e. The minimum atomic E-state index is -3.62. The summed E-state index contributed by atoms with van der Waals surface area (Å²) < 4.78 is 36.8. The van der Waals surface area contributed by atoms with Gasteiger partial charge in [0.1, 0.15) is 6.26 Å². The number of nitrogens with one attached hydrogen (secondary N) is 1. The number of aromatic nitrogens is 1. The van der Waals surface area contributed by atoms with Crippen LogP contribution in [0, 0.1) is 11.8 Å². The van der Waals surface area contributed by atoms with E-state index in [1.807, 2.05) is 13.8 Å². The molecule has 1 aromatic heterocycles. The summed E-state index contributed by atoms with van der Waals surface area (Å²) in [4.78, 5) is 23.9. The molecule has 0 saturated carbocycles. The van der Waals surface area contributed by atoms with Gasteiger partial charge in [-0.1, -0.05) is 19.0 Å². The number of hydrogen-bond donors (Lipinski definition) is 1. The third-order valence-corrected chi connectivity index (χ3v) is 6.45. The van der Waals surface area contributed by atoms with Gasteiger partial charge in [-0.3, -0.25) is 4.79 Å². The van der Waals surface area contributed by atoms with Crippen molar-refractivity contribution in [2.24, 2.45) is 11.8 Å². The zero-order valence-corrected chi connectivity index (χ0v) is 17.0. The highest BCUT2D eigenvalue weighted by molar-refractivity contribution is 7.89. The Kier molecular flexibility index (Phi) is 6.33. The predicted octanol–water partition coefficient (Wildman–Crippen LogP) is 2.14. The van der Waals surface area contributed by atoms with Crippen molar-refractivity contribution in [1.29, 1.82) is 0 Å². The Morgan fingerprint density at radius 3 is 2.41 bits per heavy atom. The Bertz CT molecular complexity index is 946. The van der Waals surface area contributed by atoms with Gasteiger partial charge >= 0.3 is 5.97 Å². The molecule has 1 fully saturated rings. The molecule has 1 N–H and O–H groups in total. The van der Waals surface area contributed by atoms with Crippen LogP contribution in [0.25, 0.3) is 0 Å². The predicted molar refractivity (Wildman–Crippen MR) is 104 cm³/mol. The summed E-state index contributed by atoms with van der Waals surface area (Å²) in [6, 6.07) is 6.96. The molecule has 2 unspecified atom stereocenters. The van der Waals surface area contributed by atoms with E-state index < -0.39 is 28.5 Å². The van der Waals surface area contributed by atoms with Gasteiger partial charge in [-0.2, -0.15) is 4.31 Å². The van der Waals surface area contributed by atoms with Gasteiger partial charge in [0.2, 0.25) is 10.0 Å². The summed E-state index contributed by atoms with van der Waals surface area (Å²) in [7, 11) is -3.62. The van der Waals surface area contributed by atoms with Crippen molar-refractivity contribution in [2.75, 3.05) is 25.0 Å². The normalized spacial score (nSPS) is 20.2. The van der Waals surface area contributed by atoms with E-state index >= 15 is 0 Å². The van der Waals surface area contributed by atoms with Crippen LogP contribution in [0.5, 0.6) is 0 Å². The number of benzene rings is 1. The molecule has 1 saturated heterocycles. The maximum Gasteiger partial charge on any atom is 0.338 e. The van der Waals surface area contributed by atoms with Gasteiger partial charge in [0, 0.05) is 19.2 Å². The smallest absolute Gasteiger partial charge is 0.338 e. The second kappa shape index (κ2) is 8.75. The molecule has 1 aromatic carbocycles. The summed E-state index contributed by atoms with van der Waals surface area (Å²) >= 11 is 0. The molecule has 1 aliphatic rings. The Hall–Kier alpha value is -2.72. The van der Waals surface area contributed by atoms with Crippen molar-refractivity contribution in [2.45, 2.75) is 25.2 Å². The van der Waals surface area contributed by atoms with Gasteiger partial charge in [-0.15, -0.1) is 0 Å². The highest BCUT2D eigenvalue weighted by Crippen LogP contribution is 2.26. The molecular weight excluding hydrogens is 398 g/mol. The molecule has 9 nitrogen and oxygen atoms in total. The van der Waals surface area contributed by atoms with Crippen LogP contribution in [-0.4, -0.2) is 49.5 Å². The van der Waals surface area contributed by atoms with E-state index in [0.717, 1.165) is 6.42 Å². The van der Waals surface area contributed by atoms with Crippen molar-refractivity contribution >= 4 is 27.7 Å². The molecule has 2 atom stereocenters. The number of amides is 1. The molecule has 10 heteroatoms. The molecular formula is C19H23N3O6S. The van der Waals surface area contributed by atoms with Crippen molar-refractivity contribution in [3.8, 4) is 0 Å². The molecule has 1 amide bonds. The molecule has 2 heterocycles.